The van der Waals surface area contributed by atoms with Gasteiger partial charge in [-0.1, -0.05) is 0 Å². The molecule has 0 radical (unpaired) electrons. The molecule has 128 valence electrons. The number of phenols is 2. The highest BCUT2D eigenvalue weighted by molar-refractivity contribution is 5.94. The van der Waals surface area contributed by atoms with Crippen LogP contribution in [0.1, 0.15) is 5.56 Å². The molecule has 3 aromatic rings. The molecule has 0 spiro atoms. The molecule has 0 bridgehead atoms. The van der Waals surface area contributed by atoms with Gasteiger partial charge in [0.25, 0.3) is 5.56 Å². The molecule has 2 aromatic carbocycles. The van der Waals surface area contributed by atoms with Crippen LogP contribution >= 0.6 is 0 Å². The van der Waals surface area contributed by atoms with Gasteiger partial charge >= 0.3 is 0 Å². The first-order valence-corrected chi connectivity index (χ1v) is 7.89. The van der Waals surface area contributed by atoms with Crippen molar-refractivity contribution in [3.05, 3.63) is 46.2 Å². The molecule has 2 heterocycles. The van der Waals surface area contributed by atoms with E-state index in [1.165, 1.54) is 14.2 Å². The van der Waals surface area contributed by atoms with E-state index < -0.39 is 0 Å². The van der Waals surface area contributed by atoms with Crippen LogP contribution in [-0.2, 0) is 13.0 Å². The number of aryl methyl sites for hydroxylation is 1. The van der Waals surface area contributed by atoms with Crippen LogP contribution in [0.25, 0.3) is 22.0 Å². The molecule has 1 aromatic heterocycles. The third-order valence-corrected chi connectivity index (χ3v) is 4.69. The molecule has 2 N–H and O–H groups in total. The molecule has 0 saturated carbocycles. The van der Waals surface area contributed by atoms with Gasteiger partial charge in [-0.25, -0.2) is 0 Å². The first-order valence-electron chi connectivity index (χ1n) is 7.89. The van der Waals surface area contributed by atoms with E-state index in [2.05, 4.69) is 0 Å². The summed E-state index contributed by atoms with van der Waals surface area (Å²) in [5.41, 5.74) is 2.46. The van der Waals surface area contributed by atoms with Crippen LogP contribution in [0.15, 0.2) is 35.1 Å². The minimum Gasteiger partial charge on any atom is -0.508 e. The Morgan fingerprint density at radius 3 is 2.60 bits per heavy atom. The maximum Gasteiger partial charge on any atom is 0.262 e. The summed E-state index contributed by atoms with van der Waals surface area (Å²) in [6, 6.07) is 8.67. The Bertz CT molecular complexity index is 1070. The molecule has 0 saturated heterocycles. The quantitative estimate of drug-likeness (QED) is 0.750. The van der Waals surface area contributed by atoms with Crippen LogP contribution in [0.4, 0.5) is 0 Å². The number of pyridine rings is 1. The van der Waals surface area contributed by atoms with Gasteiger partial charge in [-0.15, -0.1) is 0 Å². The summed E-state index contributed by atoms with van der Waals surface area (Å²) in [7, 11) is 2.86. The number of rotatable bonds is 2. The van der Waals surface area contributed by atoms with Gasteiger partial charge in [0.1, 0.15) is 5.75 Å². The van der Waals surface area contributed by atoms with Gasteiger partial charge < -0.3 is 24.3 Å². The molecule has 4 rings (SSSR count). The highest BCUT2D eigenvalue weighted by Gasteiger charge is 2.23. The fraction of sp³-hybridized carbons (Fsp3) is 0.211. The summed E-state index contributed by atoms with van der Waals surface area (Å²) < 4.78 is 12.2. The lowest BCUT2D eigenvalue weighted by atomic mass is 9.95. The van der Waals surface area contributed by atoms with Crippen molar-refractivity contribution >= 4 is 10.8 Å². The zero-order valence-electron chi connectivity index (χ0n) is 13.9. The normalized spacial score (nSPS) is 12.6. The van der Waals surface area contributed by atoms with E-state index in [1.54, 1.807) is 22.8 Å². The summed E-state index contributed by atoms with van der Waals surface area (Å²) in [6.07, 6.45) is 0.645. The topological polar surface area (TPSA) is 80.9 Å². The second kappa shape index (κ2) is 5.44. The SMILES string of the molecule is COc1cc2cc3n(c(=O)c2c(OC)c1O)CCc1cc(O)ccc1-3. The summed E-state index contributed by atoms with van der Waals surface area (Å²) in [5, 5.41) is 20.9. The number of benzene rings is 2. The van der Waals surface area contributed by atoms with Crippen molar-refractivity contribution in [3.8, 4) is 34.3 Å². The van der Waals surface area contributed by atoms with E-state index in [9.17, 15) is 15.0 Å². The number of phenolic OH excluding ortho intramolecular Hbond substituents is 2. The summed E-state index contributed by atoms with van der Waals surface area (Å²) in [4.78, 5) is 13.1. The predicted molar refractivity (Wildman–Crippen MR) is 93.8 cm³/mol. The lowest BCUT2D eigenvalue weighted by Crippen LogP contribution is -2.26. The molecule has 0 amide bonds. The Hall–Kier alpha value is -3.15. The number of methoxy groups -OCH3 is 2. The first-order chi connectivity index (χ1) is 12.0. The molecule has 25 heavy (non-hydrogen) atoms. The van der Waals surface area contributed by atoms with E-state index in [1.807, 2.05) is 12.1 Å². The number of hydrogen-bond acceptors (Lipinski definition) is 5. The molecule has 1 aliphatic heterocycles. The number of fused-ring (bicyclic) bond motifs is 4. The van der Waals surface area contributed by atoms with Crippen LogP contribution in [0.5, 0.6) is 23.0 Å². The van der Waals surface area contributed by atoms with Crippen LogP contribution in [0.2, 0.25) is 0 Å². The Balaban J connectivity index is 2.11. The largest absolute Gasteiger partial charge is 0.508 e. The van der Waals surface area contributed by atoms with Gasteiger partial charge in [0.2, 0.25) is 5.75 Å². The molecular formula is C19H17NO5. The average Bonchev–Trinajstić information content (AvgIpc) is 2.61. The molecule has 6 nitrogen and oxygen atoms in total. The molecule has 6 heteroatoms. The smallest absolute Gasteiger partial charge is 0.262 e. The third-order valence-electron chi connectivity index (χ3n) is 4.69. The second-order valence-corrected chi connectivity index (χ2v) is 6.00. The maximum atomic E-state index is 13.1. The van der Waals surface area contributed by atoms with Crippen molar-refractivity contribution in [3.63, 3.8) is 0 Å². The van der Waals surface area contributed by atoms with Crippen LogP contribution in [0.3, 0.4) is 0 Å². The second-order valence-electron chi connectivity index (χ2n) is 6.00. The minimum atomic E-state index is -0.221. The molecule has 1 aliphatic rings. The number of aromatic nitrogens is 1. The van der Waals surface area contributed by atoms with E-state index in [4.69, 9.17) is 9.47 Å². The van der Waals surface area contributed by atoms with Crippen molar-refractivity contribution in [1.82, 2.24) is 4.57 Å². The molecule has 0 aliphatic carbocycles. The van der Waals surface area contributed by atoms with E-state index in [-0.39, 0.29) is 28.6 Å². The standard InChI is InChI=1S/C19H17NO5/c1-24-15-9-11-8-14-13-4-3-12(21)7-10(13)5-6-20(14)19(23)16(11)18(25-2)17(15)22/h3-4,7-9,21-22H,5-6H2,1-2H3. The van der Waals surface area contributed by atoms with Gasteiger partial charge in [0.15, 0.2) is 11.5 Å². The number of nitrogens with zero attached hydrogens (tertiary/aromatic N) is 1. The number of aromatic hydroxyl groups is 2. The summed E-state index contributed by atoms with van der Waals surface area (Å²) in [5.74, 6) is 0.390. The molecule has 0 atom stereocenters. The van der Waals surface area contributed by atoms with E-state index >= 15 is 0 Å². The average molecular weight is 339 g/mol. The summed E-state index contributed by atoms with van der Waals surface area (Å²) >= 11 is 0. The lowest BCUT2D eigenvalue weighted by Gasteiger charge is -2.23. The highest BCUT2D eigenvalue weighted by Crippen LogP contribution is 2.42. The Morgan fingerprint density at radius 2 is 1.88 bits per heavy atom. The van der Waals surface area contributed by atoms with Crippen LogP contribution < -0.4 is 15.0 Å². The first kappa shape index (κ1) is 15.4. The maximum absolute atomic E-state index is 13.1. The van der Waals surface area contributed by atoms with Gasteiger partial charge in [-0.05, 0) is 47.7 Å². The third kappa shape index (κ3) is 2.14. The molecule has 0 unspecified atom stereocenters. The van der Waals surface area contributed by atoms with Crippen LogP contribution in [0, 0.1) is 0 Å². The number of hydrogen-bond donors (Lipinski definition) is 2. The van der Waals surface area contributed by atoms with E-state index in [0.29, 0.717) is 23.7 Å². The Kier molecular flexibility index (Phi) is 3.35. The van der Waals surface area contributed by atoms with Crippen molar-refractivity contribution in [1.29, 1.82) is 0 Å². The Morgan fingerprint density at radius 1 is 1.08 bits per heavy atom. The zero-order chi connectivity index (χ0) is 17.7. The van der Waals surface area contributed by atoms with Gasteiger partial charge in [0, 0.05) is 12.1 Å². The number of ether oxygens (including phenoxy) is 2. The van der Waals surface area contributed by atoms with Gasteiger partial charge in [0.05, 0.1) is 25.3 Å². The molecular weight excluding hydrogens is 322 g/mol. The monoisotopic (exact) mass is 339 g/mol. The molecule has 0 fully saturated rings. The lowest BCUT2D eigenvalue weighted by molar-refractivity contribution is 0.343. The predicted octanol–water partition coefficient (Wildman–Crippen LogP) is 2.65. The van der Waals surface area contributed by atoms with Crippen LogP contribution in [-0.4, -0.2) is 29.0 Å². The van der Waals surface area contributed by atoms with Gasteiger partial charge in [-0.3, -0.25) is 4.79 Å². The fourth-order valence-corrected chi connectivity index (χ4v) is 3.52. The fourth-order valence-electron chi connectivity index (χ4n) is 3.52. The highest BCUT2D eigenvalue weighted by atomic mass is 16.5. The van der Waals surface area contributed by atoms with Gasteiger partial charge in [-0.2, -0.15) is 0 Å². The zero-order valence-corrected chi connectivity index (χ0v) is 13.9. The minimum absolute atomic E-state index is 0.117. The van der Waals surface area contributed by atoms with Crippen molar-refractivity contribution < 1.29 is 19.7 Å². The van der Waals surface area contributed by atoms with E-state index in [0.717, 1.165) is 16.8 Å². The van der Waals surface area contributed by atoms with Crippen molar-refractivity contribution in [2.24, 2.45) is 0 Å². The summed E-state index contributed by atoms with van der Waals surface area (Å²) in [6.45, 7) is 0.497. The van der Waals surface area contributed by atoms with Crippen molar-refractivity contribution in [2.75, 3.05) is 14.2 Å². The van der Waals surface area contributed by atoms with Crippen molar-refractivity contribution in [2.45, 2.75) is 13.0 Å². The Labute approximate surface area is 143 Å².